The zero-order valence-electron chi connectivity index (χ0n) is 10.8. The summed E-state index contributed by atoms with van der Waals surface area (Å²) >= 11 is 8.32. The molecule has 2 aromatic carbocycles. The van der Waals surface area contributed by atoms with Crippen LogP contribution in [0.15, 0.2) is 46.9 Å². The van der Waals surface area contributed by atoms with Gasteiger partial charge in [-0.1, -0.05) is 40.3 Å². The van der Waals surface area contributed by atoms with Gasteiger partial charge in [-0.05, 0) is 42.8 Å². The molecule has 0 aliphatic rings. The molecule has 0 aromatic heterocycles. The molecule has 0 aliphatic heterocycles. The largest absolute Gasteiger partial charge is 0.389 e. The lowest BCUT2D eigenvalue weighted by molar-refractivity contribution is 0.102. The van der Waals surface area contributed by atoms with E-state index in [-0.39, 0.29) is 10.9 Å². The van der Waals surface area contributed by atoms with Crippen molar-refractivity contribution >= 4 is 44.7 Å². The molecule has 0 radical (unpaired) electrons. The maximum Gasteiger partial charge on any atom is 0.255 e. The Morgan fingerprint density at radius 3 is 2.55 bits per heavy atom. The average molecular weight is 349 g/mol. The van der Waals surface area contributed by atoms with Gasteiger partial charge in [0.15, 0.2) is 0 Å². The molecule has 0 aliphatic carbocycles. The van der Waals surface area contributed by atoms with Crippen LogP contribution in [0.25, 0.3) is 0 Å². The Bertz CT molecular complexity index is 665. The number of nitrogens with two attached hydrogens (primary N) is 1. The minimum absolute atomic E-state index is 0.194. The maximum atomic E-state index is 12.2. The van der Waals surface area contributed by atoms with Gasteiger partial charge in [0.2, 0.25) is 0 Å². The van der Waals surface area contributed by atoms with Crippen molar-refractivity contribution in [2.75, 3.05) is 5.32 Å². The van der Waals surface area contributed by atoms with Crippen LogP contribution >= 0.6 is 28.1 Å². The second kappa shape index (κ2) is 6.15. The Labute approximate surface area is 131 Å². The molecule has 2 rings (SSSR count). The standard InChI is InChI=1S/C15H13BrN2OS/c1-9-5-12(16)8-13(6-9)18-15(19)11-4-2-3-10(7-11)14(17)20/h2-8H,1H3,(H2,17,20)(H,18,19). The van der Waals surface area contributed by atoms with E-state index in [1.165, 1.54) is 0 Å². The Morgan fingerprint density at radius 1 is 1.20 bits per heavy atom. The molecule has 3 nitrogen and oxygen atoms in total. The van der Waals surface area contributed by atoms with Gasteiger partial charge in [-0.25, -0.2) is 0 Å². The first kappa shape index (κ1) is 14.7. The summed E-state index contributed by atoms with van der Waals surface area (Å²) in [7, 11) is 0. The van der Waals surface area contributed by atoms with Crippen LogP contribution in [0.3, 0.4) is 0 Å². The number of anilines is 1. The van der Waals surface area contributed by atoms with Gasteiger partial charge < -0.3 is 11.1 Å². The second-order valence-electron chi connectivity index (χ2n) is 4.42. The monoisotopic (exact) mass is 348 g/mol. The fourth-order valence-electron chi connectivity index (χ4n) is 1.83. The van der Waals surface area contributed by atoms with E-state index in [4.69, 9.17) is 18.0 Å². The van der Waals surface area contributed by atoms with Crippen molar-refractivity contribution < 1.29 is 4.79 Å². The molecule has 0 saturated heterocycles. The number of thiocarbonyl (C=S) groups is 1. The summed E-state index contributed by atoms with van der Waals surface area (Å²) in [5.74, 6) is -0.194. The number of amides is 1. The minimum atomic E-state index is -0.194. The van der Waals surface area contributed by atoms with E-state index in [0.717, 1.165) is 15.7 Å². The Morgan fingerprint density at radius 2 is 1.90 bits per heavy atom. The molecule has 0 heterocycles. The molecular weight excluding hydrogens is 336 g/mol. The molecule has 20 heavy (non-hydrogen) atoms. The topological polar surface area (TPSA) is 55.1 Å². The Kier molecular flexibility index (Phi) is 4.52. The molecule has 102 valence electrons. The van der Waals surface area contributed by atoms with Gasteiger partial charge in [-0.3, -0.25) is 4.79 Å². The molecule has 0 atom stereocenters. The lowest BCUT2D eigenvalue weighted by atomic mass is 10.1. The highest BCUT2D eigenvalue weighted by molar-refractivity contribution is 9.10. The lowest BCUT2D eigenvalue weighted by Crippen LogP contribution is -2.14. The molecule has 0 fully saturated rings. The van der Waals surface area contributed by atoms with E-state index in [2.05, 4.69) is 21.2 Å². The van der Waals surface area contributed by atoms with Crippen molar-refractivity contribution in [1.82, 2.24) is 0 Å². The first-order chi connectivity index (χ1) is 9.45. The van der Waals surface area contributed by atoms with Crippen LogP contribution in [0, 0.1) is 6.92 Å². The van der Waals surface area contributed by atoms with E-state index in [1.807, 2.05) is 25.1 Å². The number of benzene rings is 2. The first-order valence-electron chi connectivity index (χ1n) is 5.94. The molecule has 2 aromatic rings. The van der Waals surface area contributed by atoms with Crippen LogP contribution in [0.4, 0.5) is 5.69 Å². The van der Waals surface area contributed by atoms with Gasteiger partial charge in [0.1, 0.15) is 4.99 Å². The average Bonchev–Trinajstić information content (AvgIpc) is 2.37. The predicted octanol–water partition coefficient (Wildman–Crippen LogP) is 3.64. The summed E-state index contributed by atoms with van der Waals surface area (Å²) in [6, 6.07) is 12.7. The predicted molar refractivity (Wildman–Crippen MR) is 89.2 cm³/mol. The molecule has 0 saturated carbocycles. The molecule has 3 N–H and O–H groups in total. The summed E-state index contributed by atoms with van der Waals surface area (Å²) in [6.07, 6.45) is 0. The Balaban J connectivity index is 2.23. The quantitative estimate of drug-likeness (QED) is 0.832. The van der Waals surface area contributed by atoms with Crippen molar-refractivity contribution in [3.05, 3.63) is 63.6 Å². The highest BCUT2D eigenvalue weighted by atomic mass is 79.9. The van der Waals surface area contributed by atoms with Crippen LogP contribution in [0.5, 0.6) is 0 Å². The van der Waals surface area contributed by atoms with Gasteiger partial charge >= 0.3 is 0 Å². The summed E-state index contributed by atoms with van der Waals surface area (Å²) in [4.78, 5) is 12.5. The van der Waals surface area contributed by atoms with Crippen LogP contribution < -0.4 is 11.1 Å². The number of nitrogens with one attached hydrogen (secondary N) is 1. The number of hydrogen-bond acceptors (Lipinski definition) is 2. The van der Waals surface area contributed by atoms with Crippen LogP contribution in [0.1, 0.15) is 21.5 Å². The van der Waals surface area contributed by atoms with Crippen LogP contribution in [-0.4, -0.2) is 10.9 Å². The number of aryl methyl sites for hydroxylation is 1. The first-order valence-corrected chi connectivity index (χ1v) is 7.14. The summed E-state index contributed by atoms with van der Waals surface area (Å²) < 4.78 is 0.921. The number of rotatable bonds is 3. The third-order valence-electron chi connectivity index (χ3n) is 2.71. The van der Waals surface area contributed by atoms with Crippen LogP contribution in [-0.2, 0) is 0 Å². The number of halogens is 1. The van der Waals surface area contributed by atoms with Crippen molar-refractivity contribution in [2.45, 2.75) is 6.92 Å². The van der Waals surface area contributed by atoms with Crippen molar-refractivity contribution in [3.63, 3.8) is 0 Å². The third-order valence-corrected chi connectivity index (χ3v) is 3.40. The van der Waals surface area contributed by atoms with Gasteiger partial charge in [0, 0.05) is 21.3 Å². The van der Waals surface area contributed by atoms with E-state index in [0.29, 0.717) is 11.1 Å². The van der Waals surface area contributed by atoms with E-state index < -0.39 is 0 Å². The summed E-state index contributed by atoms with van der Waals surface area (Å²) in [6.45, 7) is 1.97. The van der Waals surface area contributed by atoms with Gasteiger partial charge in [-0.15, -0.1) is 0 Å². The normalized spacial score (nSPS) is 10.1. The van der Waals surface area contributed by atoms with Gasteiger partial charge in [0.05, 0.1) is 0 Å². The fourth-order valence-corrected chi connectivity index (χ4v) is 2.56. The highest BCUT2D eigenvalue weighted by Crippen LogP contribution is 2.19. The van der Waals surface area contributed by atoms with E-state index in [9.17, 15) is 4.79 Å². The maximum absolute atomic E-state index is 12.2. The molecule has 0 bridgehead atoms. The molecule has 5 heteroatoms. The number of hydrogen-bond donors (Lipinski definition) is 2. The third kappa shape index (κ3) is 3.65. The second-order valence-corrected chi connectivity index (χ2v) is 5.77. The number of carbonyl (C=O) groups excluding carboxylic acids is 1. The smallest absolute Gasteiger partial charge is 0.255 e. The van der Waals surface area contributed by atoms with Gasteiger partial charge in [0.25, 0.3) is 5.91 Å². The number of carbonyl (C=O) groups is 1. The SMILES string of the molecule is Cc1cc(Br)cc(NC(=O)c2cccc(C(N)=S)c2)c1. The molecule has 1 amide bonds. The van der Waals surface area contributed by atoms with Crippen molar-refractivity contribution in [1.29, 1.82) is 0 Å². The molecule has 0 unspecified atom stereocenters. The minimum Gasteiger partial charge on any atom is -0.389 e. The van der Waals surface area contributed by atoms with E-state index >= 15 is 0 Å². The zero-order valence-corrected chi connectivity index (χ0v) is 13.2. The van der Waals surface area contributed by atoms with E-state index in [1.54, 1.807) is 24.3 Å². The fraction of sp³-hybridized carbons (Fsp3) is 0.0667. The van der Waals surface area contributed by atoms with Crippen LogP contribution in [0.2, 0.25) is 0 Å². The van der Waals surface area contributed by atoms with Crippen molar-refractivity contribution in [2.24, 2.45) is 5.73 Å². The molecular formula is C15H13BrN2OS. The Hall–Kier alpha value is -1.72. The summed E-state index contributed by atoms with van der Waals surface area (Å²) in [5.41, 5.74) is 8.57. The van der Waals surface area contributed by atoms with Crippen molar-refractivity contribution in [3.8, 4) is 0 Å². The lowest BCUT2D eigenvalue weighted by Gasteiger charge is -2.08. The van der Waals surface area contributed by atoms with Gasteiger partial charge in [-0.2, -0.15) is 0 Å². The highest BCUT2D eigenvalue weighted by Gasteiger charge is 2.08. The summed E-state index contributed by atoms with van der Waals surface area (Å²) in [5, 5.41) is 2.85. The molecule has 0 spiro atoms. The zero-order chi connectivity index (χ0) is 14.7.